The number of hydrogen-bond donors (Lipinski definition) is 1. The molecule has 0 spiro atoms. The second kappa shape index (κ2) is 6.49. The zero-order valence-electron chi connectivity index (χ0n) is 13.3. The largest absolute Gasteiger partial charge is 0.457 e. The maximum atomic E-state index is 5.84. The van der Waals surface area contributed by atoms with Crippen LogP contribution < -0.4 is 10.5 Å². The van der Waals surface area contributed by atoms with E-state index in [1.165, 1.54) is 0 Å². The lowest BCUT2D eigenvalue weighted by atomic mass is 10.2. The highest BCUT2D eigenvalue weighted by Gasteiger charge is 2.11. The Labute approximate surface area is 144 Å². The van der Waals surface area contributed by atoms with Gasteiger partial charge in [-0.15, -0.1) is 0 Å². The Balaban J connectivity index is 1.61. The molecule has 0 saturated heterocycles. The van der Waals surface area contributed by atoms with Gasteiger partial charge in [-0.2, -0.15) is 4.98 Å². The molecule has 0 fully saturated rings. The summed E-state index contributed by atoms with van der Waals surface area (Å²) in [5.41, 5.74) is 8.05. The smallest absolute Gasteiger partial charge is 0.258 e. The van der Waals surface area contributed by atoms with Crippen molar-refractivity contribution in [3.8, 4) is 34.3 Å². The lowest BCUT2D eigenvalue weighted by Gasteiger charge is -2.05. The molecule has 5 nitrogen and oxygen atoms in total. The highest BCUT2D eigenvalue weighted by atomic mass is 16.5. The van der Waals surface area contributed by atoms with Crippen LogP contribution in [-0.4, -0.2) is 10.1 Å². The van der Waals surface area contributed by atoms with Crippen LogP contribution in [0.3, 0.4) is 0 Å². The average Bonchev–Trinajstić information content (AvgIpc) is 3.13. The third-order valence-electron chi connectivity index (χ3n) is 3.63. The van der Waals surface area contributed by atoms with Crippen LogP contribution >= 0.6 is 0 Å². The highest BCUT2D eigenvalue weighted by Crippen LogP contribution is 2.27. The zero-order valence-corrected chi connectivity index (χ0v) is 13.3. The van der Waals surface area contributed by atoms with Crippen molar-refractivity contribution in [3.63, 3.8) is 0 Å². The summed E-state index contributed by atoms with van der Waals surface area (Å²) in [7, 11) is 0. The molecule has 5 heteroatoms. The molecule has 0 unspecified atom stereocenters. The van der Waals surface area contributed by atoms with Crippen LogP contribution in [0.1, 0.15) is 0 Å². The normalized spacial score (nSPS) is 10.6. The van der Waals surface area contributed by atoms with E-state index in [1.807, 2.05) is 72.8 Å². The van der Waals surface area contributed by atoms with Gasteiger partial charge in [-0.05, 0) is 42.5 Å². The van der Waals surface area contributed by atoms with Crippen molar-refractivity contribution in [2.45, 2.75) is 0 Å². The van der Waals surface area contributed by atoms with Crippen LogP contribution in [0.2, 0.25) is 0 Å². The number of aromatic nitrogens is 2. The number of nitrogens with zero attached hydrogens (tertiary/aromatic N) is 2. The van der Waals surface area contributed by atoms with Crippen LogP contribution in [0, 0.1) is 0 Å². The van der Waals surface area contributed by atoms with E-state index in [1.54, 1.807) is 6.07 Å². The number of anilines is 1. The summed E-state index contributed by atoms with van der Waals surface area (Å²) in [6, 6.07) is 24.5. The summed E-state index contributed by atoms with van der Waals surface area (Å²) in [6.07, 6.45) is 0. The summed E-state index contributed by atoms with van der Waals surface area (Å²) >= 11 is 0. The predicted octanol–water partition coefficient (Wildman–Crippen LogP) is 4.78. The number of rotatable bonds is 4. The summed E-state index contributed by atoms with van der Waals surface area (Å²) in [5, 5.41) is 4.06. The molecule has 4 aromatic rings. The predicted molar refractivity (Wildman–Crippen MR) is 96.1 cm³/mol. The molecule has 0 aliphatic heterocycles. The molecule has 0 aliphatic carbocycles. The van der Waals surface area contributed by atoms with E-state index in [2.05, 4.69) is 10.1 Å². The fourth-order valence-electron chi connectivity index (χ4n) is 2.45. The minimum absolute atomic E-state index is 0.427. The first kappa shape index (κ1) is 15.0. The van der Waals surface area contributed by atoms with E-state index in [0.717, 1.165) is 16.9 Å². The number of benzene rings is 3. The average molecular weight is 329 g/mol. The number of ether oxygens (including phenoxy) is 1. The van der Waals surface area contributed by atoms with Crippen molar-refractivity contribution in [3.05, 3.63) is 78.9 Å². The van der Waals surface area contributed by atoms with E-state index < -0.39 is 0 Å². The van der Waals surface area contributed by atoms with Gasteiger partial charge in [0.25, 0.3) is 5.89 Å². The van der Waals surface area contributed by atoms with E-state index in [9.17, 15) is 0 Å². The fourth-order valence-corrected chi connectivity index (χ4v) is 2.45. The van der Waals surface area contributed by atoms with E-state index >= 15 is 0 Å². The lowest BCUT2D eigenvalue weighted by Crippen LogP contribution is -1.87. The second-order valence-electron chi connectivity index (χ2n) is 5.49. The molecule has 2 N–H and O–H groups in total. The zero-order chi connectivity index (χ0) is 17.1. The minimum atomic E-state index is 0.427. The highest BCUT2D eigenvalue weighted by molar-refractivity contribution is 5.63. The van der Waals surface area contributed by atoms with Crippen molar-refractivity contribution in [2.75, 3.05) is 5.73 Å². The van der Waals surface area contributed by atoms with Crippen LogP contribution in [-0.2, 0) is 0 Å². The third kappa shape index (κ3) is 3.35. The first-order valence-electron chi connectivity index (χ1n) is 7.81. The van der Waals surface area contributed by atoms with Gasteiger partial charge < -0.3 is 15.0 Å². The van der Waals surface area contributed by atoms with E-state index in [-0.39, 0.29) is 0 Å². The van der Waals surface area contributed by atoms with Gasteiger partial charge >= 0.3 is 0 Å². The van der Waals surface area contributed by atoms with Gasteiger partial charge in [-0.1, -0.05) is 41.6 Å². The topological polar surface area (TPSA) is 74.2 Å². The Hall–Kier alpha value is -3.60. The lowest BCUT2D eigenvalue weighted by molar-refractivity contribution is 0.432. The fraction of sp³-hybridized carbons (Fsp3) is 0. The molecular weight excluding hydrogens is 314 g/mol. The molecule has 0 bridgehead atoms. The van der Waals surface area contributed by atoms with Crippen LogP contribution in [0.5, 0.6) is 11.5 Å². The van der Waals surface area contributed by atoms with E-state index in [0.29, 0.717) is 23.2 Å². The maximum Gasteiger partial charge on any atom is 0.258 e. The number of nitrogen functional groups attached to an aromatic ring is 1. The summed E-state index contributed by atoms with van der Waals surface area (Å²) in [5.74, 6) is 2.40. The number of para-hydroxylation sites is 1. The van der Waals surface area contributed by atoms with Crippen molar-refractivity contribution >= 4 is 5.69 Å². The van der Waals surface area contributed by atoms with Crippen molar-refractivity contribution in [1.82, 2.24) is 10.1 Å². The summed E-state index contributed by atoms with van der Waals surface area (Å²) in [6.45, 7) is 0. The Kier molecular flexibility index (Phi) is 3.88. The molecule has 3 aromatic carbocycles. The first-order valence-corrected chi connectivity index (χ1v) is 7.81. The summed E-state index contributed by atoms with van der Waals surface area (Å²) < 4.78 is 11.2. The van der Waals surface area contributed by atoms with Gasteiger partial charge in [-0.25, -0.2) is 0 Å². The third-order valence-corrected chi connectivity index (χ3v) is 3.63. The molecule has 0 aliphatic rings. The molecule has 122 valence electrons. The molecular formula is C20H15N3O2. The van der Waals surface area contributed by atoms with Crippen molar-refractivity contribution < 1.29 is 9.26 Å². The van der Waals surface area contributed by atoms with Gasteiger partial charge in [0.05, 0.1) is 0 Å². The molecule has 0 amide bonds. The summed E-state index contributed by atoms with van der Waals surface area (Å²) in [4.78, 5) is 4.45. The monoisotopic (exact) mass is 329 g/mol. The molecule has 1 heterocycles. The molecule has 1 aromatic heterocycles. The van der Waals surface area contributed by atoms with E-state index in [4.69, 9.17) is 15.0 Å². The first-order chi connectivity index (χ1) is 12.3. The Morgan fingerprint density at radius 3 is 2.36 bits per heavy atom. The van der Waals surface area contributed by atoms with Crippen molar-refractivity contribution in [2.24, 2.45) is 0 Å². The van der Waals surface area contributed by atoms with Gasteiger partial charge in [0, 0.05) is 16.8 Å². The van der Waals surface area contributed by atoms with Gasteiger partial charge in [-0.3, -0.25) is 0 Å². The molecule has 4 rings (SSSR count). The second-order valence-corrected chi connectivity index (χ2v) is 5.49. The van der Waals surface area contributed by atoms with Crippen LogP contribution in [0.15, 0.2) is 83.4 Å². The Morgan fingerprint density at radius 2 is 1.52 bits per heavy atom. The molecule has 25 heavy (non-hydrogen) atoms. The maximum absolute atomic E-state index is 5.84. The molecule has 0 atom stereocenters. The molecule has 0 radical (unpaired) electrons. The van der Waals surface area contributed by atoms with Crippen LogP contribution in [0.4, 0.5) is 5.69 Å². The molecule has 0 saturated carbocycles. The quantitative estimate of drug-likeness (QED) is 0.545. The van der Waals surface area contributed by atoms with Crippen LogP contribution in [0.25, 0.3) is 22.8 Å². The van der Waals surface area contributed by atoms with Gasteiger partial charge in [0.15, 0.2) is 0 Å². The van der Waals surface area contributed by atoms with Gasteiger partial charge in [0.1, 0.15) is 11.5 Å². The minimum Gasteiger partial charge on any atom is -0.457 e. The Bertz CT molecular complexity index is 997. The van der Waals surface area contributed by atoms with Gasteiger partial charge in [0.2, 0.25) is 5.82 Å². The van der Waals surface area contributed by atoms with Crippen molar-refractivity contribution in [1.29, 1.82) is 0 Å². The Morgan fingerprint density at radius 1 is 0.760 bits per heavy atom. The number of hydrogen-bond acceptors (Lipinski definition) is 5. The SMILES string of the molecule is Nc1cccc(-c2nc(-c3cccc(Oc4ccccc4)c3)no2)c1. The number of nitrogens with two attached hydrogens (primary N) is 1. The standard InChI is InChI=1S/C20H15N3O2/c21-16-8-4-7-15(12-16)20-22-19(23-25-20)14-6-5-11-18(13-14)24-17-9-2-1-3-10-17/h1-13H,21H2.